The fourth-order valence-corrected chi connectivity index (χ4v) is 6.74. The summed E-state index contributed by atoms with van der Waals surface area (Å²) in [7, 11) is -0.767. The van der Waals surface area contributed by atoms with Crippen molar-refractivity contribution in [1.29, 1.82) is 0 Å². The zero-order valence-corrected chi connectivity index (χ0v) is 23.4. The number of ether oxygens (including phenoxy) is 2. The Hall–Kier alpha value is -3.66. The van der Waals surface area contributed by atoms with E-state index >= 15 is 0 Å². The fourth-order valence-electron chi connectivity index (χ4n) is 5.32. The van der Waals surface area contributed by atoms with Crippen LogP contribution in [0.3, 0.4) is 0 Å². The zero-order valence-electron chi connectivity index (χ0n) is 22.6. The Balaban J connectivity index is 1.55. The van der Waals surface area contributed by atoms with Crippen LogP contribution in [-0.4, -0.2) is 57.1 Å². The summed E-state index contributed by atoms with van der Waals surface area (Å²) < 4.78 is 39.3. The van der Waals surface area contributed by atoms with Gasteiger partial charge in [0.25, 0.3) is 10.0 Å². The Kier molecular flexibility index (Phi) is 7.48. The summed E-state index contributed by atoms with van der Waals surface area (Å²) in [6.45, 7) is 6.78. The average molecular weight is 548 g/mol. The summed E-state index contributed by atoms with van der Waals surface area (Å²) in [5.41, 5.74) is 5.00. The zero-order chi connectivity index (χ0) is 27.7. The van der Waals surface area contributed by atoms with Crippen molar-refractivity contribution in [3.05, 3.63) is 94.7 Å². The number of methoxy groups -OCH3 is 2. The highest BCUT2D eigenvalue weighted by Gasteiger charge is 2.28. The second-order valence-corrected chi connectivity index (χ2v) is 11.7. The van der Waals surface area contributed by atoms with Crippen molar-refractivity contribution in [2.75, 3.05) is 33.9 Å². The lowest BCUT2D eigenvalue weighted by Crippen LogP contribution is -2.45. The molecule has 1 unspecified atom stereocenters. The van der Waals surface area contributed by atoms with Crippen molar-refractivity contribution < 1.29 is 22.7 Å². The van der Waals surface area contributed by atoms with E-state index in [1.165, 1.54) is 11.1 Å². The minimum Gasteiger partial charge on any atom is -0.496 e. The van der Waals surface area contributed by atoms with Crippen LogP contribution in [0.4, 0.5) is 0 Å². The van der Waals surface area contributed by atoms with Crippen molar-refractivity contribution in [1.82, 2.24) is 14.2 Å². The molecule has 1 fully saturated rings. The molecule has 2 heterocycles. The van der Waals surface area contributed by atoms with Gasteiger partial charge in [0.05, 0.1) is 30.2 Å². The molecular weight excluding hydrogens is 514 g/mol. The van der Waals surface area contributed by atoms with Gasteiger partial charge in [0.15, 0.2) is 0 Å². The quantitative estimate of drug-likeness (QED) is 0.342. The normalized spacial score (nSPS) is 16.4. The number of nitrogens with one attached hydrogen (secondary N) is 1. The van der Waals surface area contributed by atoms with Crippen LogP contribution in [0, 0.1) is 13.8 Å². The van der Waals surface area contributed by atoms with E-state index in [2.05, 4.69) is 10.2 Å². The molecule has 9 heteroatoms. The number of benzene rings is 3. The summed E-state index contributed by atoms with van der Waals surface area (Å²) in [6.07, 6.45) is 1.64. The molecular formula is C30H33N3O5S. The maximum absolute atomic E-state index is 13.6. The van der Waals surface area contributed by atoms with Crippen LogP contribution in [-0.2, 0) is 21.3 Å². The molecule has 8 nitrogen and oxygen atoms in total. The Bertz CT molecular complexity index is 1610. The summed E-state index contributed by atoms with van der Waals surface area (Å²) in [5, 5.41) is 4.32. The molecule has 1 aromatic heterocycles. The molecule has 3 aromatic carbocycles. The molecule has 0 spiro atoms. The number of carbonyl (C=O) groups excluding carboxylic acids is 1. The highest BCUT2D eigenvalue weighted by atomic mass is 32.2. The highest BCUT2D eigenvalue weighted by molar-refractivity contribution is 7.90. The van der Waals surface area contributed by atoms with Gasteiger partial charge in [-0.15, -0.1) is 0 Å². The first-order valence-corrected chi connectivity index (χ1v) is 14.3. The van der Waals surface area contributed by atoms with Gasteiger partial charge in [0.2, 0.25) is 0 Å². The minimum absolute atomic E-state index is 0.0601. The molecule has 0 amide bonds. The number of hydrogen-bond donors (Lipinski definition) is 1. The summed E-state index contributed by atoms with van der Waals surface area (Å²) >= 11 is 0. The topological polar surface area (TPSA) is 89.9 Å². The van der Waals surface area contributed by atoms with E-state index in [1.807, 2.05) is 50.2 Å². The van der Waals surface area contributed by atoms with Crippen LogP contribution >= 0.6 is 0 Å². The molecule has 0 bridgehead atoms. The number of esters is 1. The van der Waals surface area contributed by atoms with Crippen molar-refractivity contribution in [2.24, 2.45) is 0 Å². The number of aromatic nitrogens is 1. The van der Waals surface area contributed by atoms with Gasteiger partial charge in [-0.25, -0.2) is 17.2 Å². The molecule has 1 aliphatic rings. The third kappa shape index (κ3) is 5.05. The third-order valence-electron chi connectivity index (χ3n) is 7.43. The molecule has 39 heavy (non-hydrogen) atoms. The third-order valence-corrected chi connectivity index (χ3v) is 9.12. The van der Waals surface area contributed by atoms with Crippen LogP contribution in [0.2, 0.25) is 0 Å². The summed E-state index contributed by atoms with van der Waals surface area (Å²) in [6, 6.07) is 18.3. The largest absolute Gasteiger partial charge is 0.496 e. The number of aryl methyl sites for hydroxylation is 2. The van der Waals surface area contributed by atoms with Gasteiger partial charge in [0.1, 0.15) is 5.75 Å². The summed E-state index contributed by atoms with van der Waals surface area (Å²) in [5.74, 6) is 0.362. The van der Waals surface area contributed by atoms with E-state index in [0.717, 1.165) is 53.0 Å². The van der Waals surface area contributed by atoms with E-state index in [-0.39, 0.29) is 16.9 Å². The maximum atomic E-state index is 13.6. The Morgan fingerprint density at radius 3 is 2.41 bits per heavy atom. The van der Waals surface area contributed by atoms with Gasteiger partial charge in [0, 0.05) is 49.4 Å². The van der Waals surface area contributed by atoms with Crippen molar-refractivity contribution in [3.8, 4) is 5.75 Å². The van der Waals surface area contributed by atoms with Gasteiger partial charge < -0.3 is 14.8 Å². The predicted octanol–water partition coefficient (Wildman–Crippen LogP) is 4.44. The minimum atomic E-state index is -3.78. The van der Waals surface area contributed by atoms with Gasteiger partial charge in [-0.1, -0.05) is 29.8 Å². The number of hydrogen-bond acceptors (Lipinski definition) is 7. The number of fused-ring (bicyclic) bond motifs is 1. The molecule has 204 valence electrons. The molecule has 1 atom stereocenters. The molecule has 4 aromatic rings. The first kappa shape index (κ1) is 26.9. The highest BCUT2D eigenvalue weighted by Crippen LogP contribution is 2.36. The van der Waals surface area contributed by atoms with Gasteiger partial charge in [-0.2, -0.15) is 0 Å². The van der Waals surface area contributed by atoms with Crippen LogP contribution in [0.1, 0.15) is 38.7 Å². The lowest BCUT2D eigenvalue weighted by molar-refractivity contribution is 0.0600. The van der Waals surface area contributed by atoms with Gasteiger partial charge in [-0.3, -0.25) is 4.90 Å². The smallest absolute Gasteiger partial charge is 0.337 e. The van der Waals surface area contributed by atoms with Crippen molar-refractivity contribution in [2.45, 2.75) is 31.3 Å². The molecule has 5 rings (SSSR count). The SMILES string of the molecule is COC(=O)c1ccc(C2CNCCN2Cc2c(OC)cc(C)c3c2ccn3S(=O)(=O)c2ccc(C)cc2)cc1. The van der Waals surface area contributed by atoms with Crippen molar-refractivity contribution >= 4 is 26.9 Å². The van der Waals surface area contributed by atoms with Crippen molar-refractivity contribution in [3.63, 3.8) is 0 Å². The second kappa shape index (κ2) is 10.8. The van der Waals surface area contributed by atoms with Crippen LogP contribution < -0.4 is 10.1 Å². The van der Waals surface area contributed by atoms with E-state index in [0.29, 0.717) is 17.6 Å². The predicted molar refractivity (Wildman–Crippen MR) is 151 cm³/mol. The first-order chi connectivity index (χ1) is 18.7. The Labute approximate surface area is 229 Å². The van der Waals surface area contributed by atoms with E-state index in [9.17, 15) is 13.2 Å². The maximum Gasteiger partial charge on any atom is 0.337 e. The fraction of sp³-hybridized carbons (Fsp3) is 0.300. The molecule has 1 saturated heterocycles. The van der Waals surface area contributed by atoms with Crippen LogP contribution in [0.15, 0.2) is 71.8 Å². The number of rotatable bonds is 7. The standard InChI is InChI=1S/C30H33N3O5S/c1-20-5-11-24(12-6-20)39(35,36)33-15-13-25-26(28(37-3)17-21(2)29(25)33)19-32-16-14-31-18-27(32)22-7-9-23(10-8-22)30(34)38-4/h5-13,15,17,27,31H,14,16,18-19H2,1-4H3. The molecule has 1 aliphatic heterocycles. The van der Waals surface area contributed by atoms with E-state index in [1.54, 1.807) is 37.6 Å². The number of nitrogens with zero attached hydrogens (tertiary/aromatic N) is 2. The Morgan fingerprint density at radius 1 is 1.03 bits per heavy atom. The van der Waals surface area contributed by atoms with Crippen LogP contribution in [0.5, 0.6) is 5.75 Å². The number of piperazine rings is 1. The van der Waals surface area contributed by atoms with E-state index < -0.39 is 10.0 Å². The van der Waals surface area contributed by atoms with Crippen LogP contribution in [0.25, 0.3) is 10.9 Å². The second-order valence-electron chi connectivity index (χ2n) is 9.87. The monoisotopic (exact) mass is 547 g/mol. The lowest BCUT2D eigenvalue weighted by atomic mass is 9.99. The number of carbonyl (C=O) groups is 1. The van der Waals surface area contributed by atoms with E-state index in [4.69, 9.17) is 9.47 Å². The molecule has 0 saturated carbocycles. The molecule has 0 aliphatic carbocycles. The summed E-state index contributed by atoms with van der Waals surface area (Å²) in [4.78, 5) is 14.5. The Morgan fingerprint density at radius 2 is 1.74 bits per heavy atom. The lowest BCUT2D eigenvalue weighted by Gasteiger charge is -2.37. The first-order valence-electron chi connectivity index (χ1n) is 12.9. The average Bonchev–Trinajstić information content (AvgIpc) is 3.42. The van der Waals surface area contributed by atoms with Gasteiger partial charge in [-0.05, 0) is 61.4 Å². The molecule has 1 N–H and O–H groups in total. The molecule has 0 radical (unpaired) electrons. The van der Waals surface area contributed by atoms with Gasteiger partial charge >= 0.3 is 5.97 Å².